The molecule has 6 nitrogen and oxygen atoms in total. The molecule has 1 aliphatic rings. The molecule has 1 heterocycles. The van der Waals surface area contributed by atoms with Crippen LogP contribution < -0.4 is 10.1 Å². The molecule has 1 atom stereocenters. The van der Waals surface area contributed by atoms with Crippen LogP contribution in [0.25, 0.3) is 0 Å². The molecule has 0 saturated carbocycles. The van der Waals surface area contributed by atoms with E-state index < -0.39 is 16.1 Å². The number of nitrogens with zero attached hydrogens (tertiary/aromatic N) is 1. The summed E-state index contributed by atoms with van der Waals surface area (Å²) >= 11 is 0. The van der Waals surface area contributed by atoms with E-state index in [1.54, 1.807) is 7.11 Å². The molecule has 0 bridgehead atoms. The quantitative estimate of drug-likeness (QED) is 0.676. The van der Waals surface area contributed by atoms with Crippen molar-refractivity contribution in [2.45, 2.75) is 45.1 Å². The number of ether oxygens (including phenoxy) is 1. The largest absolute Gasteiger partial charge is 0.497 e. The molecule has 2 rings (SSSR count). The van der Waals surface area contributed by atoms with E-state index in [1.807, 2.05) is 31.2 Å². The lowest BCUT2D eigenvalue weighted by Crippen LogP contribution is -2.46. The predicted molar refractivity (Wildman–Crippen MR) is 98.1 cm³/mol. The van der Waals surface area contributed by atoms with E-state index >= 15 is 0 Å². The summed E-state index contributed by atoms with van der Waals surface area (Å²) in [5.74, 6) is 0.757. The Kier molecular flexibility index (Phi) is 7.25. The first kappa shape index (κ1) is 19.7. The van der Waals surface area contributed by atoms with Gasteiger partial charge in [0, 0.05) is 13.1 Å². The Morgan fingerprint density at radius 3 is 2.68 bits per heavy atom. The van der Waals surface area contributed by atoms with E-state index in [-0.39, 0.29) is 11.7 Å². The molecule has 0 spiro atoms. The summed E-state index contributed by atoms with van der Waals surface area (Å²) in [5.41, 5.74) is 1.18. The molecule has 1 aromatic rings. The number of amides is 1. The number of sulfonamides is 1. The summed E-state index contributed by atoms with van der Waals surface area (Å²) in [7, 11) is -1.69. The van der Waals surface area contributed by atoms with Gasteiger partial charge in [0.1, 0.15) is 11.8 Å². The average molecular weight is 368 g/mol. The van der Waals surface area contributed by atoms with Gasteiger partial charge in [0.05, 0.1) is 12.9 Å². The fraction of sp³-hybridized carbons (Fsp3) is 0.611. The Morgan fingerprint density at radius 1 is 1.32 bits per heavy atom. The van der Waals surface area contributed by atoms with Crippen molar-refractivity contribution in [3.05, 3.63) is 29.8 Å². The molecule has 0 aromatic heterocycles. The minimum atomic E-state index is -3.32. The molecule has 140 valence electrons. The van der Waals surface area contributed by atoms with Crippen LogP contribution in [0.3, 0.4) is 0 Å². The van der Waals surface area contributed by atoms with E-state index in [9.17, 15) is 13.2 Å². The molecule has 1 saturated heterocycles. The lowest BCUT2D eigenvalue weighted by molar-refractivity contribution is -0.124. The smallest absolute Gasteiger partial charge is 0.238 e. The molecule has 1 aromatic carbocycles. The van der Waals surface area contributed by atoms with Crippen LogP contribution in [-0.2, 0) is 21.2 Å². The zero-order valence-electron chi connectivity index (χ0n) is 15.0. The summed E-state index contributed by atoms with van der Waals surface area (Å²) < 4.78 is 31.0. The van der Waals surface area contributed by atoms with Crippen LogP contribution in [0.1, 0.15) is 38.2 Å². The Bertz CT molecular complexity index is 658. The topological polar surface area (TPSA) is 75.7 Å². The van der Waals surface area contributed by atoms with Crippen molar-refractivity contribution in [2.75, 3.05) is 26.0 Å². The number of carbonyl (C=O) groups is 1. The lowest BCUT2D eigenvalue weighted by atomic mass is 10.1. The van der Waals surface area contributed by atoms with Crippen molar-refractivity contribution in [1.82, 2.24) is 9.62 Å². The highest BCUT2D eigenvalue weighted by atomic mass is 32.2. The van der Waals surface area contributed by atoms with Crippen LogP contribution in [0.15, 0.2) is 24.3 Å². The van der Waals surface area contributed by atoms with Gasteiger partial charge in [0.2, 0.25) is 15.9 Å². The van der Waals surface area contributed by atoms with Gasteiger partial charge >= 0.3 is 0 Å². The first-order valence-corrected chi connectivity index (χ1v) is 10.5. The average Bonchev–Trinajstić information content (AvgIpc) is 3.10. The number of rotatable bonds is 9. The van der Waals surface area contributed by atoms with Crippen LogP contribution in [0.2, 0.25) is 0 Å². The highest BCUT2D eigenvalue weighted by Crippen LogP contribution is 2.22. The minimum absolute atomic E-state index is 0.105. The maximum atomic E-state index is 12.4. The number of methoxy groups -OCH3 is 1. The predicted octanol–water partition coefficient (Wildman–Crippen LogP) is 1.95. The molecule has 1 fully saturated rings. The summed E-state index contributed by atoms with van der Waals surface area (Å²) in [6, 6.07) is 7.32. The van der Waals surface area contributed by atoms with Crippen LogP contribution in [0, 0.1) is 0 Å². The molecule has 7 heteroatoms. The normalized spacial score (nSPS) is 18.2. The first-order chi connectivity index (χ1) is 12.0. The summed E-state index contributed by atoms with van der Waals surface area (Å²) in [6.45, 7) is 2.83. The fourth-order valence-electron chi connectivity index (χ4n) is 3.12. The Balaban J connectivity index is 1.79. The third kappa shape index (κ3) is 5.44. The van der Waals surface area contributed by atoms with Gasteiger partial charge in [0.15, 0.2) is 0 Å². The summed E-state index contributed by atoms with van der Waals surface area (Å²) in [6.07, 6.45) is 3.58. The molecule has 25 heavy (non-hydrogen) atoms. The second-order valence-corrected chi connectivity index (χ2v) is 8.37. The number of carbonyl (C=O) groups excluding carboxylic acids is 1. The second kappa shape index (κ2) is 9.20. The summed E-state index contributed by atoms with van der Waals surface area (Å²) in [4.78, 5) is 12.4. The van der Waals surface area contributed by atoms with Crippen LogP contribution >= 0.6 is 0 Å². The van der Waals surface area contributed by atoms with E-state index in [2.05, 4.69) is 5.32 Å². The highest BCUT2D eigenvalue weighted by molar-refractivity contribution is 7.89. The second-order valence-electron chi connectivity index (χ2n) is 6.33. The standard InChI is InChI=1S/C18H28N2O4S/c1-3-14-25(22,23)20-13-5-7-17(20)18(21)19-12-4-6-15-8-10-16(24-2)11-9-15/h8-11,17H,3-7,12-14H2,1-2H3,(H,19,21). The molecular weight excluding hydrogens is 340 g/mol. The van der Waals surface area contributed by atoms with Crippen molar-refractivity contribution in [3.63, 3.8) is 0 Å². The van der Waals surface area contributed by atoms with Crippen LogP contribution in [0.4, 0.5) is 0 Å². The van der Waals surface area contributed by atoms with E-state index in [4.69, 9.17) is 4.74 Å². The molecule has 0 aliphatic carbocycles. The van der Waals surface area contributed by atoms with Crippen LogP contribution in [0.5, 0.6) is 5.75 Å². The van der Waals surface area contributed by atoms with E-state index in [0.717, 1.165) is 25.0 Å². The van der Waals surface area contributed by atoms with Crippen molar-refractivity contribution < 1.29 is 17.9 Å². The molecule has 1 aliphatic heterocycles. The maximum Gasteiger partial charge on any atom is 0.238 e. The molecule has 0 radical (unpaired) electrons. The van der Waals surface area contributed by atoms with E-state index in [1.165, 1.54) is 9.87 Å². The first-order valence-electron chi connectivity index (χ1n) is 8.88. The minimum Gasteiger partial charge on any atom is -0.497 e. The number of aryl methyl sites for hydroxylation is 1. The lowest BCUT2D eigenvalue weighted by Gasteiger charge is -2.23. The van der Waals surface area contributed by atoms with Gasteiger partial charge < -0.3 is 10.1 Å². The highest BCUT2D eigenvalue weighted by Gasteiger charge is 2.37. The van der Waals surface area contributed by atoms with Crippen molar-refractivity contribution in [1.29, 1.82) is 0 Å². The molecule has 1 amide bonds. The Hall–Kier alpha value is -1.60. The van der Waals surface area contributed by atoms with Crippen LogP contribution in [-0.4, -0.2) is 50.6 Å². The zero-order chi connectivity index (χ0) is 18.3. The van der Waals surface area contributed by atoms with Crippen molar-refractivity contribution in [3.8, 4) is 5.75 Å². The Morgan fingerprint density at radius 2 is 2.04 bits per heavy atom. The monoisotopic (exact) mass is 368 g/mol. The SMILES string of the molecule is CCCS(=O)(=O)N1CCCC1C(=O)NCCCc1ccc(OC)cc1. The van der Waals surface area contributed by atoms with Crippen molar-refractivity contribution in [2.24, 2.45) is 0 Å². The van der Waals surface area contributed by atoms with Gasteiger partial charge in [-0.25, -0.2) is 8.42 Å². The third-order valence-corrected chi connectivity index (χ3v) is 6.50. The maximum absolute atomic E-state index is 12.4. The zero-order valence-corrected chi connectivity index (χ0v) is 15.8. The molecular formula is C18H28N2O4S. The molecule has 1 N–H and O–H groups in total. The van der Waals surface area contributed by atoms with Gasteiger partial charge in [0.25, 0.3) is 0 Å². The fourth-order valence-corrected chi connectivity index (χ4v) is 4.87. The van der Waals surface area contributed by atoms with Crippen molar-refractivity contribution >= 4 is 15.9 Å². The number of nitrogens with one attached hydrogen (secondary N) is 1. The summed E-state index contributed by atoms with van der Waals surface area (Å²) in [5, 5.41) is 2.89. The van der Waals surface area contributed by atoms with Gasteiger partial charge in [-0.3, -0.25) is 4.79 Å². The van der Waals surface area contributed by atoms with Gasteiger partial charge in [-0.05, 0) is 49.8 Å². The molecule has 1 unspecified atom stereocenters. The number of hydrogen-bond donors (Lipinski definition) is 1. The van der Waals surface area contributed by atoms with Gasteiger partial charge in [-0.2, -0.15) is 4.31 Å². The van der Waals surface area contributed by atoms with Gasteiger partial charge in [-0.15, -0.1) is 0 Å². The van der Waals surface area contributed by atoms with Gasteiger partial charge in [-0.1, -0.05) is 19.1 Å². The Labute approximate surface area is 150 Å². The van der Waals surface area contributed by atoms with E-state index in [0.29, 0.717) is 25.9 Å². The number of hydrogen-bond acceptors (Lipinski definition) is 4. The number of benzene rings is 1. The third-order valence-electron chi connectivity index (χ3n) is 4.43.